The van der Waals surface area contributed by atoms with E-state index in [1.54, 1.807) is 12.2 Å². The summed E-state index contributed by atoms with van der Waals surface area (Å²) in [7, 11) is 0. The lowest BCUT2D eigenvalue weighted by molar-refractivity contribution is -0.133. The Morgan fingerprint density at radius 3 is 2.16 bits per heavy atom. The van der Waals surface area contributed by atoms with Gasteiger partial charge in [-0.2, -0.15) is 0 Å². The van der Waals surface area contributed by atoms with Crippen LogP contribution in [0.1, 0.15) is 29.2 Å². The zero-order chi connectivity index (χ0) is 18.2. The first-order valence-corrected chi connectivity index (χ1v) is 7.85. The molecule has 4 nitrogen and oxygen atoms in total. The van der Waals surface area contributed by atoms with E-state index >= 15 is 0 Å². The van der Waals surface area contributed by atoms with E-state index in [0.717, 1.165) is 22.3 Å². The van der Waals surface area contributed by atoms with Crippen LogP contribution in [-0.2, 0) is 14.3 Å². The largest absolute Gasteiger partial charge is 0.431 e. The van der Waals surface area contributed by atoms with Crippen molar-refractivity contribution in [3.05, 3.63) is 77.1 Å². The van der Waals surface area contributed by atoms with Crippen molar-refractivity contribution in [1.29, 1.82) is 0 Å². The molecule has 2 rings (SSSR count). The van der Waals surface area contributed by atoms with Gasteiger partial charge in [-0.3, -0.25) is 4.79 Å². The smallest absolute Gasteiger partial charge is 0.335 e. The zero-order valence-corrected chi connectivity index (χ0v) is 14.5. The minimum absolute atomic E-state index is 0.358. The molecule has 2 aromatic rings. The average molecular weight is 336 g/mol. The zero-order valence-electron chi connectivity index (χ0n) is 14.5. The molecule has 0 aliphatic carbocycles. The first-order chi connectivity index (χ1) is 12.0. The van der Waals surface area contributed by atoms with Crippen molar-refractivity contribution in [2.24, 2.45) is 0 Å². The van der Waals surface area contributed by atoms with Crippen LogP contribution in [0, 0.1) is 13.8 Å². The molecule has 0 aliphatic heterocycles. The number of ether oxygens (including phenoxy) is 2. The summed E-state index contributed by atoms with van der Waals surface area (Å²) in [6, 6.07) is 13.2. The first-order valence-electron chi connectivity index (χ1n) is 7.85. The number of esters is 2. The lowest BCUT2D eigenvalue weighted by Crippen LogP contribution is -2.04. The van der Waals surface area contributed by atoms with Gasteiger partial charge < -0.3 is 9.47 Å². The Morgan fingerprint density at radius 2 is 1.56 bits per heavy atom. The molecule has 0 N–H and O–H groups in total. The summed E-state index contributed by atoms with van der Waals surface area (Å²) >= 11 is 0. The van der Waals surface area contributed by atoms with Gasteiger partial charge in [0.05, 0.1) is 6.26 Å². The maximum absolute atomic E-state index is 11.8. The first kappa shape index (κ1) is 18.2. The van der Waals surface area contributed by atoms with Crippen LogP contribution in [0.2, 0.25) is 0 Å². The van der Waals surface area contributed by atoms with Crippen molar-refractivity contribution in [2.45, 2.75) is 20.8 Å². The lowest BCUT2D eigenvalue weighted by Gasteiger charge is -2.10. The molecule has 0 saturated carbocycles. The fraction of sp³-hybridized carbons (Fsp3) is 0.143. The minimum atomic E-state index is -0.466. The molecule has 0 fully saturated rings. The van der Waals surface area contributed by atoms with Crippen LogP contribution in [0.25, 0.3) is 12.2 Å². The summed E-state index contributed by atoms with van der Waals surface area (Å²) in [6.45, 7) is 5.07. The van der Waals surface area contributed by atoms with Crippen molar-refractivity contribution in [2.75, 3.05) is 0 Å². The van der Waals surface area contributed by atoms with Crippen LogP contribution in [0.4, 0.5) is 0 Å². The highest BCUT2D eigenvalue weighted by Crippen LogP contribution is 2.25. The van der Waals surface area contributed by atoms with Gasteiger partial charge >= 0.3 is 11.9 Å². The van der Waals surface area contributed by atoms with Gasteiger partial charge in [0.25, 0.3) is 0 Å². The highest BCUT2D eigenvalue weighted by Gasteiger charge is 2.08. The molecule has 0 unspecified atom stereocenters. The lowest BCUT2D eigenvalue weighted by atomic mass is 10.1. The van der Waals surface area contributed by atoms with Crippen LogP contribution in [0.15, 0.2) is 54.8 Å². The highest BCUT2D eigenvalue weighted by molar-refractivity contribution is 5.87. The maximum Gasteiger partial charge on any atom is 0.335 e. The number of carbonyl (C=O) groups is 2. The summed E-state index contributed by atoms with van der Waals surface area (Å²) in [5, 5.41) is 0. The third-order valence-electron chi connectivity index (χ3n) is 3.38. The van der Waals surface area contributed by atoms with E-state index in [1.807, 2.05) is 56.3 Å². The molecule has 0 heterocycles. The predicted molar refractivity (Wildman–Crippen MR) is 97.8 cm³/mol. The number of benzene rings is 2. The minimum Gasteiger partial charge on any atom is -0.431 e. The van der Waals surface area contributed by atoms with Crippen LogP contribution in [-0.4, -0.2) is 11.9 Å². The molecule has 0 spiro atoms. The molecular formula is C21H20O4. The topological polar surface area (TPSA) is 52.6 Å². The maximum atomic E-state index is 11.8. The Hall–Kier alpha value is -3.14. The Morgan fingerprint density at radius 1 is 0.920 bits per heavy atom. The van der Waals surface area contributed by atoms with Crippen LogP contribution in [0.5, 0.6) is 5.75 Å². The second kappa shape index (κ2) is 8.64. The summed E-state index contributed by atoms with van der Waals surface area (Å²) < 4.78 is 10.2. The number of carbonyl (C=O) groups excluding carboxylic acids is 2. The van der Waals surface area contributed by atoms with Crippen LogP contribution >= 0.6 is 0 Å². The van der Waals surface area contributed by atoms with E-state index in [4.69, 9.17) is 9.47 Å². The van der Waals surface area contributed by atoms with E-state index in [0.29, 0.717) is 5.75 Å². The number of aryl methyl sites for hydroxylation is 2. The molecule has 0 aromatic heterocycles. The van der Waals surface area contributed by atoms with Crippen LogP contribution < -0.4 is 4.74 Å². The summed E-state index contributed by atoms with van der Waals surface area (Å²) in [5.41, 5.74) is 3.43. The number of hydrogen-bond donors (Lipinski definition) is 0. The number of hydrogen-bond acceptors (Lipinski definition) is 4. The molecule has 0 bridgehead atoms. The van der Waals surface area contributed by atoms with E-state index in [1.165, 1.54) is 19.3 Å². The SMILES string of the molecule is CC(=O)Oc1c(C)cc(/C=C/C(=O)O/C=C/c2ccccc2)cc1C. The molecule has 0 radical (unpaired) electrons. The molecule has 0 atom stereocenters. The molecule has 128 valence electrons. The fourth-order valence-electron chi connectivity index (χ4n) is 2.33. The van der Waals surface area contributed by atoms with Crippen molar-refractivity contribution < 1.29 is 19.1 Å². The predicted octanol–water partition coefficient (Wildman–Crippen LogP) is 4.46. The molecule has 0 saturated heterocycles. The molecule has 25 heavy (non-hydrogen) atoms. The standard InChI is InChI=1S/C21H20O4/c1-15-13-19(14-16(2)21(15)25-17(3)22)9-10-20(23)24-12-11-18-7-5-4-6-8-18/h4-14H,1-3H3/b10-9+,12-11+. The average Bonchev–Trinajstić information content (AvgIpc) is 2.57. The van der Waals surface area contributed by atoms with Gasteiger partial charge in [0.2, 0.25) is 0 Å². The monoisotopic (exact) mass is 336 g/mol. The normalized spacial score (nSPS) is 11.0. The Balaban J connectivity index is 2.00. The van der Waals surface area contributed by atoms with Gasteiger partial charge in [-0.15, -0.1) is 0 Å². The summed E-state index contributed by atoms with van der Waals surface area (Å²) in [5.74, 6) is -0.271. The van der Waals surface area contributed by atoms with E-state index < -0.39 is 5.97 Å². The van der Waals surface area contributed by atoms with Gasteiger partial charge in [0.1, 0.15) is 5.75 Å². The third-order valence-corrected chi connectivity index (χ3v) is 3.38. The molecule has 2 aromatic carbocycles. The van der Waals surface area contributed by atoms with E-state index in [-0.39, 0.29) is 5.97 Å². The second-order valence-corrected chi connectivity index (χ2v) is 5.56. The van der Waals surface area contributed by atoms with Crippen molar-refractivity contribution in [3.8, 4) is 5.75 Å². The Bertz CT molecular complexity index is 794. The quantitative estimate of drug-likeness (QED) is 0.350. The molecule has 0 amide bonds. The van der Waals surface area contributed by atoms with Crippen molar-refractivity contribution in [3.63, 3.8) is 0 Å². The van der Waals surface area contributed by atoms with Gasteiger partial charge in [-0.25, -0.2) is 4.79 Å². The Kier molecular flexibility index (Phi) is 6.29. The van der Waals surface area contributed by atoms with Crippen molar-refractivity contribution in [1.82, 2.24) is 0 Å². The van der Waals surface area contributed by atoms with E-state index in [9.17, 15) is 9.59 Å². The highest BCUT2D eigenvalue weighted by atomic mass is 16.5. The van der Waals surface area contributed by atoms with Crippen LogP contribution in [0.3, 0.4) is 0 Å². The van der Waals surface area contributed by atoms with Gasteiger partial charge in [0, 0.05) is 13.0 Å². The fourth-order valence-corrected chi connectivity index (χ4v) is 2.33. The van der Waals surface area contributed by atoms with E-state index in [2.05, 4.69) is 0 Å². The molecular weight excluding hydrogens is 316 g/mol. The summed E-state index contributed by atoms with van der Waals surface area (Å²) in [6.07, 6.45) is 6.10. The van der Waals surface area contributed by atoms with Crippen molar-refractivity contribution >= 4 is 24.1 Å². The second-order valence-electron chi connectivity index (χ2n) is 5.56. The Labute approximate surface area is 147 Å². The van der Waals surface area contributed by atoms with Gasteiger partial charge in [0.15, 0.2) is 0 Å². The number of rotatable bonds is 5. The third kappa shape index (κ3) is 5.77. The van der Waals surface area contributed by atoms with Gasteiger partial charge in [-0.1, -0.05) is 30.3 Å². The molecule has 0 aliphatic rings. The summed E-state index contributed by atoms with van der Waals surface area (Å²) in [4.78, 5) is 22.9. The van der Waals surface area contributed by atoms with Gasteiger partial charge in [-0.05, 0) is 60.4 Å². The molecule has 4 heteroatoms.